The Labute approximate surface area is 104 Å². The Morgan fingerprint density at radius 1 is 1.00 bits per heavy atom. The summed E-state index contributed by atoms with van der Waals surface area (Å²) in [5, 5.41) is 3.23. The van der Waals surface area contributed by atoms with Crippen molar-refractivity contribution in [2.24, 2.45) is 0 Å². The van der Waals surface area contributed by atoms with Crippen LogP contribution < -0.4 is 5.32 Å². The summed E-state index contributed by atoms with van der Waals surface area (Å²) in [4.78, 5) is 12.1. The number of Topliss-reactive ketones (excluding diaryl/α,β-unsaturated/α-hetero) is 1. The number of nitrogens with one attached hydrogen (secondary N) is 1. The molecule has 0 aliphatic carbocycles. The fraction of sp³-hybridized carbons (Fsp3) is 0.533. The van der Waals surface area contributed by atoms with Crippen LogP contribution in [0.4, 0.5) is 0 Å². The summed E-state index contributed by atoms with van der Waals surface area (Å²) in [7, 11) is 0. The third kappa shape index (κ3) is 3.97. The number of hydrogen-bond acceptors (Lipinski definition) is 2. The van der Waals surface area contributed by atoms with Crippen LogP contribution in [0.2, 0.25) is 0 Å². The van der Waals surface area contributed by atoms with Crippen molar-refractivity contribution < 1.29 is 4.79 Å². The first kappa shape index (κ1) is 13.9. The third-order valence-corrected chi connectivity index (χ3v) is 2.84. The van der Waals surface area contributed by atoms with Crippen LogP contribution in [0.25, 0.3) is 0 Å². The first-order valence-electron chi connectivity index (χ1n) is 6.32. The van der Waals surface area contributed by atoms with Crippen molar-refractivity contribution in [3.05, 3.63) is 35.4 Å². The van der Waals surface area contributed by atoms with Gasteiger partial charge in [-0.15, -0.1) is 0 Å². The molecule has 0 fully saturated rings. The van der Waals surface area contributed by atoms with E-state index in [0.717, 1.165) is 5.56 Å². The van der Waals surface area contributed by atoms with Crippen molar-refractivity contribution >= 4 is 5.78 Å². The molecule has 1 aromatic carbocycles. The maximum Gasteiger partial charge on any atom is 0.179 e. The molecule has 0 bridgehead atoms. The van der Waals surface area contributed by atoms with Gasteiger partial charge in [0.05, 0.1) is 6.04 Å². The molecule has 0 radical (unpaired) electrons. The average Bonchev–Trinajstić information content (AvgIpc) is 2.27. The zero-order valence-electron chi connectivity index (χ0n) is 11.4. The van der Waals surface area contributed by atoms with Gasteiger partial charge >= 0.3 is 0 Å². The van der Waals surface area contributed by atoms with Gasteiger partial charge in [-0.2, -0.15) is 0 Å². The second kappa shape index (κ2) is 5.97. The van der Waals surface area contributed by atoms with Crippen molar-refractivity contribution in [3.63, 3.8) is 0 Å². The third-order valence-electron chi connectivity index (χ3n) is 2.84. The van der Waals surface area contributed by atoms with E-state index in [0.29, 0.717) is 12.0 Å². The Morgan fingerprint density at radius 3 is 1.94 bits per heavy atom. The highest BCUT2D eigenvalue weighted by Gasteiger charge is 2.15. The quantitative estimate of drug-likeness (QED) is 0.790. The molecule has 0 aromatic heterocycles. The predicted molar refractivity (Wildman–Crippen MR) is 72.6 cm³/mol. The molecular formula is C15H23NO. The molecule has 1 unspecified atom stereocenters. The summed E-state index contributed by atoms with van der Waals surface area (Å²) >= 11 is 0. The Kier molecular flexibility index (Phi) is 4.88. The molecule has 0 spiro atoms. The highest BCUT2D eigenvalue weighted by molar-refractivity contribution is 5.99. The first-order chi connectivity index (χ1) is 7.91. The Morgan fingerprint density at radius 2 is 1.53 bits per heavy atom. The van der Waals surface area contributed by atoms with Crippen molar-refractivity contribution in [2.45, 2.75) is 52.6 Å². The lowest BCUT2D eigenvalue weighted by molar-refractivity contribution is 0.0946. The molecular weight excluding hydrogens is 210 g/mol. The standard InChI is InChI=1S/C15H23NO/c1-10(2)13-6-8-14(9-7-13)15(17)12(5)16-11(3)4/h6-12,16H,1-5H3. The molecule has 0 aliphatic rings. The van der Waals surface area contributed by atoms with Crippen molar-refractivity contribution in [3.8, 4) is 0 Å². The van der Waals surface area contributed by atoms with Gasteiger partial charge in [0.15, 0.2) is 5.78 Å². The van der Waals surface area contributed by atoms with Gasteiger partial charge in [0, 0.05) is 11.6 Å². The number of hydrogen-bond donors (Lipinski definition) is 1. The molecule has 0 saturated carbocycles. The molecule has 0 saturated heterocycles. The van der Waals surface area contributed by atoms with E-state index in [-0.39, 0.29) is 11.8 Å². The molecule has 1 N–H and O–H groups in total. The van der Waals surface area contributed by atoms with Crippen LogP contribution >= 0.6 is 0 Å². The van der Waals surface area contributed by atoms with Crippen LogP contribution in [0.15, 0.2) is 24.3 Å². The van der Waals surface area contributed by atoms with E-state index in [1.807, 2.05) is 45.0 Å². The Hall–Kier alpha value is -1.15. The van der Waals surface area contributed by atoms with Gasteiger partial charge in [-0.3, -0.25) is 4.79 Å². The lowest BCUT2D eigenvalue weighted by atomic mass is 9.98. The van der Waals surface area contributed by atoms with E-state index in [9.17, 15) is 4.79 Å². The van der Waals surface area contributed by atoms with Crippen LogP contribution in [0.5, 0.6) is 0 Å². The lowest BCUT2D eigenvalue weighted by Gasteiger charge is -2.16. The largest absolute Gasteiger partial charge is 0.305 e. The van der Waals surface area contributed by atoms with Gasteiger partial charge in [0.1, 0.15) is 0 Å². The minimum absolute atomic E-state index is 0.125. The van der Waals surface area contributed by atoms with Gasteiger partial charge in [-0.25, -0.2) is 0 Å². The smallest absolute Gasteiger partial charge is 0.179 e. The van der Waals surface area contributed by atoms with E-state index in [2.05, 4.69) is 19.2 Å². The van der Waals surface area contributed by atoms with Crippen LogP contribution in [0.1, 0.15) is 56.5 Å². The molecule has 1 aromatic rings. The highest BCUT2D eigenvalue weighted by atomic mass is 16.1. The average molecular weight is 233 g/mol. The molecule has 17 heavy (non-hydrogen) atoms. The number of carbonyl (C=O) groups is 1. The normalized spacial score (nSPS) is 13.1. The van der Waals surface area contributed by atoms with E-state index >= 15 is 0 Å². The highest BCUT2D eigenvalue weighted by Crippen LogP contribution is 2.15. The van der Waals surface area contributed by atoms with Crippen molar-refractivity contribution in [1.82, 2.24) is 5.32 Å². The number of ketones is 1. The Balaban J connectivity index is 2.76. The zero-order chi connectivity index (χ0) is 13.0. The number of benzene rings is 1. The van der Waals surface area contributed by atoms with Gasteiger partial charge < -0.3 is 5.32 Å². The van der Waals surface area contributed by atoms with E-state index < -0.39 is 0 Å². The zero-order valence-corrected chi connectivity index (χ0v) is 11.4. The Bertz CT molecular complexity index is 365. The summed E-state index contributed by atoms with van der Waals surface area (Å²) < 4.78 is 0. The monoisotopic (exact) mass is 233 g/mol. The van der Waals surface area contributed by atoms with Gasteiger partial charge in [-0.1, -0.05) is 52.0 Å². The molecule has 1 atom stereocenters. The maximum absolute atomic E-state index is 12.1. The SMILES string of the molecule is CC(C)NC(C)C(=O)c1ccc(C(C)C)cc1. The second-order valence-electron chi connectivity index (χ2n) is 5.18. The molecule has 0 heterocycles. The fourth-order valence-corrected chi connectivity index (χ4v) is 1.86. The number of rotatable bonds is 5. The summed E-state index contributed by atoms with van der Waals surface area (Å²) in [6.45, 7) is 10.3. The fourth-order valence-electron chi connectivity index (χ4n) is 1.86. The predicted octanol–water partition coefficient (Wildman–Crippen LogP) is 3.38. The second-order valence-corrected chi connectivity index (χ2v) is 5.18. The van der Waals surface area contributed by atoms with Crippen LogP contribution in [-0.2, 0) is 0 Å². The maximum atomic E-state index is 12.1. The van der Waals surface area contributed by atoms with E-state index in [1.54, 1.807) is 0 Å². The molecule has 0 amide bonds. The minimum Gasteiger partial charge on any atom is -0.305 e. The molecule has 2 heteroatoms. The van der Waals surface area contributed by atoms with Crippen molar-refractivity contribution in [1.29, 1.82) is 0 Å². The summed E-state index contributed by atoms with van der Waals surface area (Å²) in [5.41, 5.74) is 2.06. The molecule has 2 nitrogen and oxygen atoms in total. The topological polar surface area (TPSA) is 29.1 Å². The number of carbonyl (C=O) groups excluding carboxylic acids is 1. The van der Waals surface area contributed by atoms with Crippen molar-refractivity contribution in [2.75, 3.05) is 0 Å². The van der Waals surface area contributed by atoms with Crippen LogP contribution in [0, 0.1) is 0 Å². The van der Waals surface area contributed by atoms with E-state index in [4.69, 9.17) is 0 Å². The first-order valence-corrected chi connectivity index (χ1v) is 6.32. The van der Waals surface area contributed by atoms with Gasteiger partial charge in [-0.05, 0) is 18.4 Å². The lowest BCUT2D eigenvalue weighted by Crippen LogP contribution is -2.38. The minimum atomic E-state index is -0.125. The van der Waals surface area contributed by atoms with Gasteiger partial charge in [0.25, 0.3) is 0 Å². The molecule has 1 rings (SSSR count). The van der Waals surface area contributed by atoms with Crippen LogP contribution in [-0.4, -0.2) is 17.9 Å². The molecule has 0 aliphatic heterocycles. The summed E-state index contributed by atoms with van der Waals surface area (Å²) in [6.07, 6.45) is 0. The van der Waals surface area contributed by atoms with Crippen LogP contribution in [0.3, 0.4) is 0 Å². The van der Waals surface area contributed by atoms with E-state index in [1.165, 1.54) is 5.56 Å². The van der Waals surface area contributed by atoms with Gasteiger partial charge in [0.2, 0.25) is 0 Å². The molecule has 94 valence electrons. The summed E-state index contributed by atoms with van der Waals surface area (Å²) in [5.74, 6) is 0.666. The summed E-state index contributed by atoms with van der Waals surface area (Å²) in [6, 6.07) is 8.13.